The first-order valence-electron chi connectivity index (χ1n) is 16.9. The van der Waals surface area contributed by atoms with E-state index >= 15 is 0 Å². The highest BCUT2D eigenvalue weighted by molar-refractivity contribution is 6.62. The number of unbranched alkanes of at least 4 members (excludes halogenated alkanes) is 8. The molecule has 3 aliphatic rings. The second kappa shape index (κ2) is 15.7. The molecule has 1 aliphatic carbocycles. The van der Waals surface area contributed by atoms with E-state index in [0.717, 1.165) is 110 Å². The third-order valence-electron chi connectivity index (χ3n) is 9.24. The number of fused-ring (bicyclic) bond motifs is 3. The summed E-state index contributed by atoms with van der Waals surface area (Å²) < 4.78 is 23.9. The lowest BCUT2D eigenvalue weighted by Gasteiger charge is -2.31. The van der Waals surface area contributed by atoms with Gasteiger partial charge >= 0.3 is 14.2 Å². The summed E-state index contributed by atoms with van der Waals surface area (Å²) in [6, 6.07) is 12.2. The Bertz CT molecular complexity index is 1140. The molecule has 230 valence electrons. The highest BCUT2D eigenvalue weighted by atomic mass is 16.6. The highest BCUT2D eigenvalue weighted by Gasteiger charge is 2.54. The van der Waals surface area contributed by atoms with Crippen LogP contribution in [0.3, 0.4) is 0 Å². The van der Waals surface area contributed by atoms with Crippen LogP contribution in [0, 0.1) is 0 Å². The van der Waals surface area contributed by atoms with E-state index in [1.165, 1.54) is 0 Å². The van der Waals surface area contributed by atoms with E-state index in [9.17, 15) is 9.59 Å². The monoisotopic (exact) mass is 586 g/mol. The van der Waals surface area contributed by atoms with Gasteiger partial charge in [-0.3, -0.25) is 9.59 Å². The predicted octanol–water partition coefficient (Wildman–Crippen LogP) is 6.08. The minimum Gasteiger partial charge on any atom is -0.407 e. The molecule has 2 aromatic rings. The van der Waals surface area contributed by atoms with Crippen LogP contribution in [0.25, 0.3) is 11.1 Å². The zero-order valence-corrected chi connectivity index (χ0v) is 26.3. The normalized spacial score (nSPS) is 17.5. The summed E-state index contributed by atoms with van der Waals surface area (Å²) >= 11 is 0. The molecule has 2 aliphatic heterocycles. The van der Waals surface area contributed by atoms with Crippen LogP contribution in [-0.2, 0) is 33.6 Å². The van der Waals surface area contributed by atoms with Crippen LogP contribution >= 0.6 is 0 Å². The molecular formula is C35H48B2O6. The van der Waals surface area contributed by atoms with Crippen molar-refractivity contribution in [2.45, 2.75) is 109 Å². The average Bonchev–Trinajstić information content (AvgIpc) is 3.35. The van der Waals surface area contributed by atoms with Crippen LogP contribution in [0.5, 0.6) is 0 Å². The van der Waals surface area contributed by atoms with Crippen LogP contribution < -0.4 is 10.9 Å². The lowest BCUT2D eigenvalue weighted by atomic mass is 9.65. The minimum absolute atomic E-state index is 0.00724. The van der Waals surface area contributed by atoms with Gasteiger partial charge in [0.25, 0.3) is 0 Å². The fourth-order valence-corrected chi connectivity index (χ4v) is 6.92. The van der Waals surface area contributed by atoms with Crippen molar-refractivity contribution in [1.82, 2.24) is 0 Å². The number of benzene rings is 2. The molecule has 5 rings (SSSR count). The Hall–Kier alpha value is -2.25. The zero-order chi connectivity index (χ0) is 30.1. The van der Waals surface area contributed by atoms with Gasteiger partial charge in [0.05, 0.1) is 0 Å². The quantitative estimate of drug-likeness (QED) is 0.135. The fourth-order valence-electron chi connectivity index (χ4n) is 6.92. The summed E-state index contributed by atoms with van der Waals surface area (Å²) in [6.07, 6.45) is 12.9. The molecule has 0 N–H and O–H groups in total. The van der Waals surface area contributed by atoms with Gasteiger partial charge in [-0.25, -0.2) is 0 Å². The summed E-state index contributed by atoms with van der Waals surface area (Å²) in [5.74, 6) is 0.0145. The first-order valence-corrected chi connectivity index (χ1v) is 16.9. The second-order valence-corrected chi connectivity index (χ2v) is 12.4. The standard InChI is InChI=1S/C35H48B2O6/c1-3-5-7-9-11-15-33(38)35(34(39)16-12-10-8-6-4-2)31-25-27(36-40-21-13-22-41-36)17-19-29(31)30-20-18-28(26-32(30)35)37-42-23-14-24-43-37/h17-20,25-26H,3-16,21-24H2,1-2H3. The summed E-state index contributed by atoms with van der Waals surface area (Å²) in [7, 11) is -0.985. The summed E-state index contributed by atoms with van der Waals surface area (Å²) in [6.45, 7) is 6.91. The van der Waals surface area contributed by atoms with Crippen molar-refractivity contribution in [1.29, 1.82) is 0 Å². The molecule has 0 aromatic heterocycles. The van der Waals surface area contributed by atoms with Gasteiger partial charge in [0.2, 0.25) is 0 Å². The van der Waals surface area contributed by atoms with Gasteiger partial charge in [-0.15, -0.1) is 0 Å². The Labute approximate surface area is 258 Å². The van der Waals surface area contributed by atoms with Crippen molar-refractivity contribution < 1.29 is 28.2 Å². The highest BCUT2D eigenvalue weighted by Crippen LogP contribution is 2.51. The fraction of sp³-hybridized carbons (Fsp3) is 0.600. The third kappa shape index (κ3) is 7.03. The average molecular weight is 586 g/mol. The van der Waals surface area contributed by atoms with Crippen molar-refractivity contribution in [3.05, 3.63) is 47.5 Å². The molecule has 0 radical (unpaired) electrons. The number of rotatable bonds is 16. The van der Waals surface area contributed by atoms with Gasteiger partial charge < -0.3 is 18.6 Å². The zero-order valence-electron chi connectivity index (χ0n) is 26.3. The minimum atomic E-state index is -1.35. The van der Waals surface area contributed by atoms with E-state index in [2.05, 4.69) is 26.0 Å². The second-order valence-electron chi connectivity index (χ2n) is 12.4. The number of ketones is 2. The molecule has 0 bridgehead atoms. The maximum atomic E-state index is 14.7. The van der Waals surface area contributed by atoms with Gasteiger partial charge in [-0.1, -0.05) is 102 Å². The van der Waals surface area contributed by atoms with E-state index < -0.39 is 19.7 Å². The summed E-state index contributed by atoms with van der Waals surface area (Å²) in [5, 5.41) is 0. The molecular weight excluding hydrogens is 538 g/mol. The summed E-state index contributed by atoms with van der Waals surface area (Å²) in [5.41, 5.74) is 3.85. The van der Waals surface area contributed by atoms with E-state index in [0.29, 0.717) is 39.3 Å². The molecule has 0 saturated carbocycles. The Morgan fingerprint density at radius 1 is 0.605 bits per heavy atom. The molecule has 0 atom stereocenters. The van der Waals surface area contributed by atoms with E-state index in [-0.39, 0.29) is 11.6 Å². The molecule has 6 nitrogen and oxygen atoms in total. The number of carbonyl (C=O) groups is 2. The molecule has 2 heterocycles. The van der Waals surface area contributed by atoms with Crippen molar-refractivity contribution >= 4 is 36.7 Å². The molecule has 2 aromatic carbocycles. The van der Waals surface area contributed by atoms with Crippen LogP contribution in [-0.4, -0.2) is 52.2 Å². The smallest absolute Gasteiger partial charge is 0.407 e. The lowest BCUT2D eigenvalue weighted by Crippen LogP contribution is -2.47. The van der Waals surface area contributed by atoms with Crippen molar-refractivity contribution in [3.63, 3.8) is 0 Å². The SMILES string of the molecule is CCCCCCCC(=O)C1(C(=O)CCCCCCC)c2cc(B3OCCCO3)ccc2-c2ccc(B3OCCCO3)cc21. The summed E-state index contributed by atoms with van der Waals surface area (Å²) in [4.78, 5) is 29.5. The largest absolute Gasteiger partial charge is 0.493 e. The number of hydrogen-bond acceptors (Lipinski definition) is 6. The van der Waals surface area contributed by atoms with Crippen molar-refractivity contribution in [2.24, 2.45) is 0 Å². The van der Waals surface area contributed by atoms with Crippen LogP contribution in [0.1, 0.15) is 115 Å². The Balaban J connectivity index is 1.58. The molecule has 0 spiro atoms. The van der Waals surface area contributed by atoms with Crippen molar-refractivity contribution in [2.75, 3.05) is 26.4 Å². The van der Waals surface area contributed by atoms with Crippen LogP contribution in [0.15, 0.2) is 36.4 Å². The van der Waals surface area contributed by atoms with E-state index in [4.69, 9.17) is 18.6 Å². The van der Waals surface area contributed by atoms with E-state index in [1.807, 2.05) is 24.3 Å². The topological polar surface area (TPSA) is 71.1 Å². The van der Waals surface area contributed by atoms with Gasteiger partial charge in [-0.05, 0) is 58.9 Å². The maximum Gasteiger partial charge on any atom is 0.493 e. The number of Topliss-reactive ketones (excluding diaryl/α,β-unsaturated/α-hetero) is 2. The Morgan fingerprint density at radius 2 is 1.00 bits per heavy atom. The first-order chi connectivity index (χ1) is 21.1. The molecule has 0 unspecified atom stereocenters. The van der Waals surface area contributed by atoms with Gasteiger partial charge in [0.1, 0.15) is 5.41 Å². The van der Waals surface area contributed by atoms with Crippen LogP contribution in [0.2, 0.25) is 0 Å². The molecule has 2 saturated heterocycles. The Kier molecular flexibility index (Phi) is 11.7. The predicted molar refractivity (Wildman–Crippen MR) is 173 cm³/mol. The van der Waals surface area contributed by atoms with Crippen LogP contribution in [0.4, 0.5) is 0 Å². The van der Waals surface area contributed by atoms with Gasteiger partial charge in [0, 0.05) is 39.3 Å². The molecule has 8 heteroatoms. The van der Waals surface area contributed by atoms with Crippen molar-refractivity contribution in [3.8, 4) is 11.1 Å². The number of carbonyl (C=O) groups excluding carboxylic acids is 2. The van der Waals surface area contributed by atoms with Gasteiger partial charge in [-0.2, -0.15) is 0 Å². The molecule has 2 fully saturated rings. The lowest BCUT2D eigenvalue weighted by molar-refractivity contribution is -0.133. The van der Waals surface area contributed by atoms with Gasteiger partial charge in [0.15, 0.2) is 11.6 Å². The van der Waals surface area contributed by atoms with E-state index in [1.54, 1.807) is 0 Å². The number of hydrogen-bond donors (Lipinski definition) is 0. The third-order valence-corrected chi connectivity index (χ3v) is 9.24. The molecule has 43 heavy (non-hydrogen) atoms. The first kappa shape index (κ1) is 32.2. The Morgan fingerprint density at radius 3 is 1.40 bits per heavy atom. The molecule has 0 amide bonds. The maximum absolute atomic E-state index is 14.7.